The molecule has 1 aromatic carbocycles. The molecule has 7 heteroatoms. The number of nitrogens with one attached hydrogen (secondary N) is 1. The zero-order valence-corrected chi connectivity index (χ0v) is 12.4. The molecule has 0 aliphatic rings. The highest BCUT2D eigenvalue weighted by Crippen LogP contribution is 2.21. The van der Waals surface area contributed by atoms with Gasteiger partial charge in [-0.15, -0.1) is 11.3 Å². The van der Waals surface area contributed by atoms with Crippen LogP contribution in [0, 0.1) is 5.82 Å². The second kappa shape index (κ2) is 5.77. The van der Waals surface area contributed by atoms with E-state index >= 15 is 0 Å². The van der Waals surface area contributed by atoms with Crippen LogP contribution in [0.1, 0.15) is 28.5 Å². The van der Waals surface area contributed by atoms with Gasteiger partial charge in [0.15, 0.2) is 0 Å². The van der Waals surface area contributed by atoms with Gasteiger partial charge in [0.25, 0.3) is 5.91 Å². The summed E-state index contributed by atoms with van der Waals surface area (Å²) in [5, 5.41) is 4.74. The Morgan fingerprint density at radius 2 is 2.32 bits per heavy atom. The Labute approximate surface area is 122 Å². The molecular formula is C12H11BrFN3OS. The maximum Gasteiger partial charge on any atom is 0.275 e. The van der Waals surface area contributed by atoms with Gasteiger partial charge in [-0.3, -0.25) is 4.79 Å². The molecule has 1 aromatic heterocycles. The van der Waals surface area contributed by atoms with E-state index in [2.05, 4.69) is 26.2 Å². The van der Waals surface area contributed by atoms with Crippen molar-refractivity contribution < 1.29 is 9.18 Å². The largest absolute Gasteiger partial charge is 0.322 e. The molecule has 19 heavy (non-hydrogen) atoms. The molecule has 0 spiro atoms. The van der Waals surface area contributed by atoms with Gasteiger partial charge in [-0.2, -0.15) is 0 Å². The molecule has 1 amide bonds. The normalized spacial score (nSPS) is 12.2. The van der Waals surface area contributed by atoms with Gasteiger partial charge < -0.3 is 11.1 Å². The van der Waals surface area contributed by atoms with Gasteiger partial charge in [0.1, 0.15) is 16.5 Å². The number of amides is 1. The fourth-order valence-electron chi connectivity index (χ4n) is 1.38. The van der Waals surface area contributed by atoms with Crippen LogP contribution in [0.4, 0.5) is 10.1 Å². The van der Waals surface area contributed by atoms with Crippen molar-refractivity contribution in [3.8, 4) is 0 Å². The molecule has 0 aliphatic carbocycles. The van der Waals surface area contributed by atoms with Gasteiger partial charge in [0.2, 0.25) is 0 Å². The van der Waals surface area contributed by atoms with Crippen LogP contribution in [0.15, 0.2) is 28.1 Å². The summed E-state index contributed by atoms with van der Waals surface area (Å²) in [5.41, 5.74) is 6.02. The van der Waals surface area contributed by atoms with E-state index in [9.17, 15) is 9.18 Å². The molecule has 0 aliphatic heterocycles. The molecule has 2 aromatic rings. The van der Waals surface area contributed by atoms with E-state index in [0.29, 0.717) is 9.48 Å². The van der Waals surface area contributed by atoms with E-state index in [1.54, 1.807) is 18.4 Å². The third kappa shape index (κ3) is 3.37. The van der Waals surface area contributed by atoms with Crippen LogP contribution >= 0.6 is 27.3 Å². The van der Waals surface area contributed by atoms with Crippen LogP contribution in [-0.4, -0.2) is 10.9 Å². The third-order valence-corrected chi connectivity index (χ3v) is 3.86. The lowest BCUT2D eigenvalue weighted by Crippen LogP contribution is -2.14. The molecule has 4 nitrogen and oxygen atoms in total. The number of hydrogen-bond donors (Lipinski definition) is 2. The summed E-state index contributed by atoms with van der Waals surface area (Å²) in [5.74, 6) is -0.963. The predicted molar refractivity (Wildman–Crippen MR) is 76.8 cm³/mol. The maximum absolute atomic E-state index is 13.6. The lowest BCUT2D eigenvalue weighted by Gasteiger charge is -2.05. The minimum Gasteiger partial charge on any atom is -0.322 e. The summed E-state index contributed by atoms with van der Waals surface area (Å²) in [7, 11) is 0. The smallest absolute Gasteiger partial charge is 0.275 e. The number of anilines is 1. The SMILES string of the molecule is CC(N)c1nc(C(=O)Nc2ccc(Br)cc2F)cs1. The lowest BCUT2D eigenvalue weighted by atomic mass is 10.3. The quantitative estimate of drug-likeness (QED) is 0.898. The molecule has 0 saturated carbocycles. The van der Waals surface area contributed by atoms with Crippen molar-refractivity contribution in [2.45, 2.75) is 13.0 Å². The Kier molecular flexibility index (Phi) is 4.28. The van der Waals surface area contributed by atoms with Crippen LogP contribution in [-0.2, 0) is 0 Å². The zero-order chi connectivity index (χ0) is 14.0. The molecule has 1 atom stereocenters. The summed E-state index contributed by atoms with van der Waals surface area (Å²) in [6, 6.07) is 4.18. The number of rotatable bonds is 3. The van der Waals surface area contributed by atoms with Crippen molar-refractivity contribution >= 4 is 38.9 Å². The minimum atomic E-state index is -0.509. The number of aromatic nitrogens is 1. The molecular weight excluding hydrogens is 333 g/mol. The first kappa shape index (κ1) is 14.1. The summed E-state index contributed by atoms with van der Waals surface area (Å²) >= 11 is 4.45. The Balaban J connectivity index is 2.16. The summed E-state index contributed by atoms with van der Waals surface area (Å²) < 4.78 is 14.2. The van der Waals surface area contributed by atoms with Crippen molar-refractivity contribution in [1.29, 1.82) is 0 Å². The topological polar surface area (TPSA) is 68.0 Å². The maximum atomic E-state index is 13.6. The fourth-order valence-corrected chi connectivity index (χ4v) is 2.47. The first-order valence-electron chi connectivity index (χ1n) is 5.45. The van der Waals surface area contributed by atoms with Gasteiger partial charge in [-0.1, -0.05) is 15.9 Å². The Hall–Kier alpha value is -1.31. The standard InChI is InChI=1S/C12H11BrFN3OS/c1-6(15)12-17-10(5-19-12)11(18)16-9-3-2-7(13)4-8(9)14/h2-6H,15H2,1H3,(H,16,18). The molecule has 100 valence electrons. The van der Waals surface area contributed by atoms with E-state index < -0.39 is 11.7 Å². The van der Waals surface area contributed by atoms with Crippen molar-refractivity contribution in [2.24, 2.45) is 5.73 Å². The summed E-state index contributed by atoms with van der Waals surface area (Å²) in [6.07, 6.45) is 0. The van der Waals surface area contributed by atoms with E-state index in [0.717, 1.165) is 0 Å². The molecule has 1 heterocycles. The first-order chi connectivity index (χ1) is 8.97. The number of halogens is 2. The average molecular weight is 344 g/mol. The van der Waals surface area contributed by atoms with Crippen molar-refractivity contribution in [3.05, 3.63) is 44.6 Å². The van der Waals surface area contributed by atoms with E-state index in [1.807, 2.05) is 0 Å². The van der Waals surface area contributed by atoms with Crippen LogP contribution in [0.5, 0.6) is 0 Å². The van der Waals surface area contributed by atoms with Crippen LogP contribution in [0.3, 0.4) is 0 Å². The Morgan fingerprint density at radius 3 is 2.89 bits per heavy atom. The van der Waals surface area contributed by atoms with Gasteiger partial charge in [-0.25, -0.2) is 9.37 Å². The number of carbonyl (C=O) groups is 1. The van der Waals surface area contributed by atoms with Crippen molar-refractivity contribution in [2.75, 3.05) is 5.32 Å². The number of thiazole rings is 1. The van der Waals surface area contributed by atoms with Gasteiger partial charge in [0.05, 0.1) is 11.7 Å². The first-order valence-corrected chi connectivity index (χ1v) is 7.12. The molecule has 1 unspecified atom stereocenters. The van der Waals surface area contributed by atoms with E-state index in [1.165, 1.54) is 23.5 Å². The Bertz CT molecular complexity index is 615. The minimum absolute atomic E-state index is 0.114. The van der Waals surface area contributed by atoms with Gasteiger partial charge in [0, 0.05) is 9.85 Å². The van der Waals surface area contributed by atoms with Gasteiger partial charge >= 0.3 is 0 Å². The molecule has 0 bridgehead atoms. The summed E-state index contributed by atoms with van der Waals surface area (Å²) in [4.78, 5) is 16.0. The van der Waals surface area contributed by atoms with Crippen LogP contribution in [0.2, 0.25) is 0 Å². The highest BCUT2D eigenvalue weighted by molar-refractivity contribution is 9.10. The monoisotopic (exact) mass is 343 g/mol. The second-order valence-electron chi connectivity index (χ2n) is 3.94. The molecule has 3 N–H and O–H groups in total. The highest BCUT2D eigenvalue weighted by Gasteiger charge is 2.14. The fraction of sp³-hybridized carbons (Fsp3) is 0.167. The predicted octanol–water partition coefficient (Wildman–Crippen LogP) is 3.32. The number of carbonyl (C=O) groups excluding carboxylic acids is 1. The number of benzene rings is 1. The van der Waals surface area contributed by atoms with Crippen LogP contribution in [0.25, 0.3) is 0 Å². The molecule has 2 rings (SSSR count). The number of hydrogen-bond acceptors (Lipinski definition) is 4. The molecule has 0 saturated heterocycles. The molecule has 0 fully saturated rings. The summed E-state index contributed by atoms with van der Waals surface area (Å²) in [6.45, 7) is 1.79. The lowest BCUT2D eigenvalue weighted by molar-refractivity contribution is 0.102. The van der Waals surface area contributed by atoms with Crippen molar-refractivity contribution in [3.63, 3.8) is 0 Å². The highest BCUT2D eigenvalue weighted by atomic mass is 79.9. The van der Waals surface area contributed by atoms with E-state index in [4.69, 9.17) is 5.73 Å². The zero-order valence-electron chi connectivity index (χ0n) is 9.98. The van der Waals surface area contributed by atoms with Crippen LogP contribution < -0.4 is 11.1 Å². The van der Waals surface area contributed by atoms with E-state index in [-0.39, 0.29) is 17.4 Å². The van der Waals surface area contributed by atoms with Crippen molar-refractivity contribution in [1.82, 2.24) is 4.98 Å². The third-order valence-electron chi connectivity index (χ3n) is 2.32. The Morgan fingerprint density at radius 1 is 1.58 bits per heavy atom. The molecule has 0 radical (unpaired) electrons. The number of nitrogens with two attached hydrogens (primary N) is 1. The van der Waals surface area contributed by atoms with Gasteiger partial charge in [-0.05, 0) is 25.1 Å². The second-order valence-corrected chi connectivity index (χ2v) is 5.74. The number of nitrogens with zero attached hydrogens (tertiary/aromatic N) is 1. The average Bonchev–Trinajstić information content (AvgIpc) is 2.82.